The van der Waals surface area contributed by atoms with Crippen LogP contribution in [0.5, 0.6) is 5.75 Å². The molecule has 0 aromatic heterocycles. The second-order valence-corrected chi connectivity index (χ2v) is 5.64. The smallest absolute Gasteiger partial charge is 0.265 e. The van der Waals surface area contributed by atoms with E-state index in [1.807, 2.05) is 30.3 Å². The molecule has 1 unspecified atom stereocenters. The average Bonchev–Trinajstić information content (AvgIpc) is 2.48. The fourth-order valence-electron chi connectivity index (χ4n) is 1.67. The molecule has 0 saturated heterocycles. The van der Waals surface area contributed by atoms with Gasteiger partial charge in [0.2, 0.25) is 0 Å². The largest absolute Gasteiger partial charge is 0.481 e. The first kappa shape index (κ1) is 15.3. The summed E-state index contributed by atoms with van der Waals surface area (Å²) < 4.78 is 6.65. The highest BCUT2D eigenvalue weighted by Crippen LogP contribution is 2.17. The predicted molar refractivity (Wildman–Crippen MR) is 89.0 cm³/mol. The van der Waals surface area contributed by atoms with Crippen LogP contribution in [0, 0.1) is 14.9 Å². The van der Waals surface area contributed by atoms with Crippen molar-refractivity contribution in [2.75, 3.05) is 5.32 Å². The summed E-state index contributed by atoms with van der Waals surface area (Å²) in [4.78, 5) is 12.1. The molecule has 21 heavy (non-hydrogen) atoms. The fraction of sp³-hybridized carbons (Fsp3) is 0.125. The van der Waals surface area contributed by atoms with Crippen LogP contribution in [0.15, 0.2) is 48.5 Å². The van der Waals surface area contributed by atoms with E-state index in [0.29, 0.717) is 17.0 Å². The number of carbonyl (C=O) groups is 1. The maximum absolute atomic E-state index is 12.1. The number of nitrogens with zero attached hydrogens (tertiary/aromatic N) is 1. The lowest BCUT2D eigenvalue weighted by atomic mass is 10.2. The molecule has 0 aliphatic heterocycles. The van der Waals surface area contributed by atoms with Gasteiger partial charge in [0, 0.05) is 9.26 Å². The second kappa shape index (κ2) is 7.09. The molecule has 1 atom stereocenters. The number of ether oxygens (including phenoxy) is 1. The Kier molecular flexibility index (Phi) is 5.17. The Morgan fingerprint density at radius 3 is 2.62 bits per heavy atom. The minimum Gasteiger partial charge on any atom is -0.481 e. The number of rotatable bonds is 4. The van der Waals surface area contributed by atoms with Gasteiger partial charge in [-0.2, -0.15) is 5.26 Å². The molecule has 0 heterocycles. The lowest BCUT2D eigenvalue weighted by molar-refractivity contribution is -0.122. The number of nitrogens with one attached hydrogen (secondary N) is 1. The van der Waals surface area contributed by atoms with Gasteiger partial charge in [0.25, 0.3) is 5.91 Å². The SMILES string of the molecule is CC(Oc1cccc(I)c1)C(=O)Nc1ccc(C#N)cc1. The first-order valence-electron chi connectivity index (χ1n) is 6.32. The van der Waals surface area contributed by atoms with Gasteiger partial charge in [-0.25, -0.2) is 0 Å². The number of amides is 1. The molecular formula is C16H13IN2O2. The molecule has 5 heteroatoms. The van der Waals surface area contributed by atoms with E-state index in [4.69, 9.17) is 10.00 Å². The summed E-state index contributed by atoms with van der Waals surface area (Å²) in [6.45, 7) is 1.69. The van der Waals surface area contributed by atoms with Crippen molar-refractivity contribution in [3.8, 4) is 11.8 Å². The summed E-state index contributed by atoms with van der Waals surface area (Å²) in [5.74, 6) is 0.419. The van der Waals surface area contributed by atoms with Crippen molar-refractivity contribution in [2.24, 2.45) is 0 Å². The summed E-state index contributed by atoms with van der Waals surface area (Å²) in [6, 6.07) is 16.2. The Morgan fingerprint density at radius 1 is 1.29 bits per heavy atom. The third kappa shape index (κ3) is 4.46. The molecule has 0 fully saturated rings. The maximum atomic E-state index is 12.1. The minimum absolute atomic E-state index is 0.237. The zero-order valence-corrected chi connectivity index (χ0v) is 13.5. The van der Waals surface area contributed by atoms with Crippen LogP contribution in [0.1, 0.15) is 12.5 Å². The van der Waals surface area contributed by atoms with Gasteiger partial charge in [0.05, 0.1) is 11.6 Å². The number of hydrogen-bond donors (Lipinski definition) is 1. The van der Waals surface area contributed by atoms with Gasteiger partial charge >= 0.3 is 0 Å². The summed E-state index contributed by atoms with van der Waals surface area (Å²) >= 11 is 2.19. The van der Waals surface area contributed by atoms with Gasteiger partial charge in [-0.05, 0) is 72.0 Å². The quantitative estimate of drug-likeness (QED) is 0.810. The van der Waals surface area contributed by atoms with Crippen molar-refractivity contribution in [1.82, 2.24) is 0 Å². The Hall–Kier alpha value is -2.07. The standard InChI is InChI=1S/C16H13IN2O2/c1-11(21-15-4-2-3-13(17)9-15)16(20)19-14-7-5-12(10-18)6-8-14/h2-9,11H,1H3,(H,19,20). The third-order valence-electron chi connectivity index (χ3n) is 2.76. The van der Waals surface area contributed by atoms with E-state index >= 15 is 0 Å². The lowest BCUT2D eigenvalue weighted by Crippen LogP contribution is -2.30. The minimum atomic E-state index is -0.612. The molecule has 0 spiro atoms. The molecule has 2 aromatic carbocycles. The molecular weight excluding hydrogens is 379 g/mol. The van der Waals surface area contributed by atoms with Crippen molar-refractivity contribution in [1.29, 1.82) is 5.26 Å². The Labute approximate surface area is 136 Å². The predicted octanol–water partition coefficient (Wildman–Crippen LogP) is 3.57. The Balaban J connectivity index is 1.97. The summed E-state index contributed by atoms with van der Waals surface area (Å²) in [6.07, 6.45) is -0.612. The highest BCUT2D eigenvalue weighted by atomic mass is 127. The van der Waals surface area contributed by atoms with Crippen molar-refractivity contribution in [3.63, 3.8) is 0 Å². The number of carbonyl (C=O) groups excluding carboxylic acids is 1. The first-order chi connectivity index (χ1) is 10.1. The number of halogens is 1. The van der Waals surface area contributed by atoms with E-state index in [2.05, 4.69) is 27.9 Å². The van der Waals surface area contributed by atoms with Crippen molar-refractivity contribution in [3.05, 3.63) is 57.7 Å². The highest BCUT2D eigenvalue weighted by molar-refractivity contribution is 14.1. The molecule has 1 amide bonds. The molecule has 2 rings (SSSR count). The van der Waals surface area contributed by atoms with Gasteiger partial charge in [0.15, 0.2) is 6.10 Å². The van der Waals surface area contributed by atoms with Gasteiger partial charge in [-0.15, -0.1) is 0 Å². The Bertz CT molecular complexity index is 677. The molecule has 1 N–H and O–H groups in total. The van der Waals surface area contributed by atoms with Crippen LogP contribution in [0.25, 0.3) is 0 Å². The van der Waals surface area contributed by atoms with Crippen LogP contribution < -0.4 is 10.1 Å². The van der Waals surface area contributed by atoms with E-state index in [9.17, 15) is 4.79 Å². The number of anilines is 1. The van der Waals surface area contributed by atoms with Gasteiger partial charge in [-0.1, -0.05) is 6.07 Å². The van der Waals surface area contributed by atoms with Crippen molar-refractivity contribution in [2.45, 2.75) is 13.0 Å². The van der Waals surface area contributed by atoms with E-state index < -0.39 is 6.10 Å². The van der Waals surface area contributed by atoms with Crippen molar-refractivity contribution < 1.29 is 9.53 Å². The van der Waals surface area contributed by atoms with Gasteiger partial charge in [-0.3, -0.25) is 4.79 Å². The molecule has 4 nitrogen and oxygen atoms in total. The number of hydrogen-bond acceptors (Lipinski definition) is 3. The molecule has 0 saturated carbocycles. The van der Waals surface area contributed by atoms with Gasteiger partial charge in [0.1, 0.15) is 5.75 Å². The summed E-state index contributed by atoms with van der Waals surface area (Å²) in [7, 11) is 0. The average molecular weight is 392 g/mol. The maximum Gasteiger partial charge on any atom is 0.265 e. The van der Waals surface area contributed by atoms with Crippen LogP contribution in [0.3, 0.4) is 0 Å². The Morgan fingerprint density at radius 2 is 2.00 bits per heavy atom. The zero-order valence-electron chi connectivity index (χ0n) is 11.3. The van der Waals surface area contributed by atoms with Crippen LogP contribution in [-0.4, -0.2) is 12.0 Å². The number of benzene rings is 2. The van der Waals surface area contributed by atoms with Crippen LogP contribution in [-0.2, 0) is 4.79 Å². The molecule has 106 valence electrons. The van der Waals surface area contributed by atoms with Gasteiger partial charge < -0.3 is 10.1 Å². The van der Waals surface area contributed by atoms with Crippen LogP contribution in [0.2, 0.25) is 0 Å². The van der Waals surface area contributed by atoms with Crippen LogP contribution in [0.4, 0.5) is 5.69 Å². The molecule has 0 bridgehead atoms. The molecule has 0 aliphatic rings. The topological polar surface area (TPSA) is 62.1 Å². The highest BCUT2D eigenvalue weighted by Gasteiger charge is 2.14. The lowest BCUT2D eigenvalue weighted by Gasteiger charge is -2.15. The van der Waals surface area contributed by atoms with E-state index in [1.54, 1.807) is 31.2 Å². The zero-order chi connectivity index (χ0) is 15.2. The first-order valence-corrected chi connectivity index (χ1v) is 7.39. The van der Waals surface area contributed by atoms with Crippen LogP contribution >= 0.6 is 22.6 Å². The van der Waals surface area contributed by atoms with E-state index in [1.165, 1.54) is 0 Å². The second-order valence-electron chi connectivity index (χ2n) is 4.40. The third-order valence-corrected chi connectivity index (χ3v) is 3.43. The summed E-state index contributed by atoms with van der Waals surface area (Å²) in [5.41, 5.74) is 1.19. The summed E-state index contributed by atoms with van der Waals surface area (Å²) in [5, 5.41) is 11.5. The van der Waals surface area contributed by atoms with Crippen molar-refractivity contribution >= 4 is 34.2 Å². The number of nitriles is 1. The molecule has 2 aromatic rings. The molecule has 0 aliphatic carbocycles. The monoisotopic (exact) mass is 392 g/mol. The normalized spacial score (nSPS) is 11.3. The van der Waals surface area contributed by atoms with E-state index in [0.717, 1.165) is 3.57 Å². The van der Waals surface area contributed by atoms with E-state index in [-0.39, 0.29) is 5.91 Å². The molecule has 0 radical (unpaired) electrons. The fourth-order valence-corrected chi connectivity index (χ4v) is 2.18.